The molecule has 3 nitrogen and oxygen atoms in total. The summed E-state index contributed by atoms with van der Waals surface area (Å²) in [4.78, 5) is 9.48. The van der Waals surface area contributed by atoms with Crippen molar-refractivity contribution in [1.29, 1.82) is 0 Å². The molecule has 0 aliphatic carbocycles. The van der Waals surface area contributed by atoms with Crippen molar-refractivity contribution in [3.05, 3.63) is 29.1 Å². The molecule has 2 aromatic rings. The molecule has 0 saturated carbocycles. The zero-order valence-corrected chi connectivity index (χ0v) is 11.0. The Bertz CT molecular complexity index is 547. The van der Waals surface area contributed by atoms with E-state index in [-0.39, 0.29) is 0 Å². The Hall–Kier alpha value is -1.64. The van der Waals surface area contributed by atoms with Crippen LogP contribution in [-0.2, 0) is 12.8 Å². The van der Waals surface area contributed by atoms with Crippen LogP contribution in [0.3, 0.4) is 0 Å². The first-order chi connectivity index (χ1) is 8.21. The quantitative estimate of drug-likeness (QED) is 0.878. The number of hydrogen-bond acceptors (Lipinski definition) is 3. The summed E-state index contributed by atoms with van der Waals surface area (Å²) in [7, 11) is 1.93. The average Bonchev–Trinajstić information content (AvgIpc) is 2.38. The number of nitrogens with one attached hydrogen (secondary N) is 1. The molecule has 0 atom stereocenters. The number of benzene rings is 1. The third-order valence-electron chi connectivity index (χ3n) is 3.18. The van der Waals surface area contributed by atoms with Crippen LogP contribution in [0.25, 0.3) is 11.0 Å². The van der Waals surface area contributed by atoms with Gasteiger partial charge in [0.05, 0.1) is 22.4 Å². The highest BCUT2D eigenvalue weighted by molar-refractivity contribution is 5.83. The van der Waals surface area contributed by atoms with E-state index in [1.807, 2.05) is 13.1 Å². The van der Waals surface area contributed by atoms with Gasteiger partial charge in [0, 0.05) is 18.3 Å². The lowest BCUT2D eigenvalue weighted by Gasteiger charge is -2.11. The van der Waals surface area contributed by atoms with Crippen molar-refractivity contribution in [2.75, 3.05) is 12.4 Å². The zero-order chi connectivity index (χ0) is 12.4. The lowest BCUT2D eigenvalue weighted by atomic mass is 10.1. The third kappa shape index (κ3) is 1.97. The number of rotatable bonds is 3. The van der Waals surface area contributed by atoms with E-state index in [4.69, 9.17) is 9.97 Å². The van der Waals surface area contributed by atoms with E-state index >= 15 is 0 Å². The van der Waals surface area contributed by atoms with Crippen LogP contribution in [0.1, 0.15) is 30.8 Å². The topological polar surface area (TPSA) is 37.8 Å². The second-order valence-electron chi connectivity index (χ2n) is 4.18. The Morgan fingerprint density at radius 3 is 2.29 bits per heavy atom. The average molecular weight is 229 g/mol. The molecule has 1 N–H and O–H groups in total. The number of aromatic nitrogens is 2. The Morgan fingerprint density at radius 1 is 1.06 bits per heavy atom. The van der Waals surface area contributed by atoms with Gasteiger partial charge in [-0.25, -0.2) is 9.97 Å². The maximum absolute atomic E-state index is 4.77. The Balaban J connectivity index is 2.74. The van der Waals surface area contributed by atoms with Crippen molar-refractivity contribution in [3.63, 3.8) is 0 Å². The summed E-state index contributed by atoms with van der Waals surface area (Å²) in [6.45, 7) is 6.35. The monoisotopic (exact) mass is 229 g/mol. The second kappa shape index (κ2) is 4.70. The number of hydrogen-bond donors (Lipinski definition) is 1. The van der Waals surface area contributed by atoms with Crippen molar-refractivity contribution < 1.29 is 0 Å². The van der Waals surface area contributed by atoms with Crippen molar-refractivity contribution in [1.82, 2.24) is 9.97 Å². The summed E-state index contributed by atoms with van der Waals surface area (Å²) < 4.78 is 0. The molecule has 2 rings (SSSR count). The molecule has 0 amide bonds. The summed E-state index contributed by atoms with van der Waals surface area (Å²) in [5.74, 6) is 0. The van der Waals surface area contributed by atoms with Crippen molar-refractivity contribution in [3.8, 4) is 0 Å². The molecule has 0 fully saturated rings. The fraction of sp³-hybridized carbons (Fsp3) is 0.429. The van der Waals surface area contributed by atoms with Crippen LogP contribution in [0.15, 0.2) is 12.1 Å². The summed E-state index contributed by atoms with van der Waals surface area (Å²) in [6, 6.07) is 4.11. The van der Waals surface area contributed by atoms with E-state index in [0.29, 0.717) is 0 Å². The van der Waals surface area contributed by atoms with Gasteiger partial charge >= 0.3 is 0 Å². The van der Waals surface area contributed by atoms with E-state index in [2.05, 4.69) is 32.2 Å². The Morgan fingerprint density at radius 2 is 1.71 bits per heavy atom. The van der Waals surface area contributed by atoms with Crippen LogP contribution in [0.5, 0.6) is 0 Å². The molecule has 0 radical (unpaired) electrons. The van der Waals surface area contributed by atoms with Crippen LogP contribution in [0.2, 0.25) is 0 Å². The number of fused-ring (bicyclic) bond motifs is 1. The smallest absolute Gasteiger partial charge is 0.0940 e. The van der Waals surface area contributed by atoms with Gasteiger partial charge in [-0.15, -0.1) is 0 Å². The van der Waals surface area contributed by atoms with Gasteiger partial charge in [-0.05, 0) is 31.9 Å². The normalized spacial score (nSPS) is 10.8. The first kappa shape index (κ1) is 11.8. The lowest BCUT2D eigenvalue weighted by molar-refractivity contribution is 0.929. The van der Waals surface area contributed by atoms with Gasteiger partial charge in [-0.2, -0.15) is 0 Å². The largest absolute Gasteiger partial charge is 0.388 e. The fourth-order valence-corrected chi connectivity index (χ4v) is 2.16. The van der Waals surface area contributed by atoms with Gasteiger partial charge in [0.2, 0.25) is 0 Å². The first-order valence-corrected chi connectivity index (χ1v) is 6.18. The van der Waals surface area contributed by atoms with E-state index < -0.39 is 0 Å². The molecule has 3 heteroatoms. The molecule has 1 aromatic heterocycles. The molecule has 1 heterocycles. The summed E-state index contributed by atoms with van der Waals surface area (Å²) in [6.07, 6.45) is 1.88. The predicted molar refractivity (Wildman–Crippen MR) is 72.6 cm³/mol. The summed E-state index contributed by atoms with van der Waals surface area (Å²) >= 11 is 0. The van der Waals surface area contributed by atoms with Crippen molar-refractivity contribution in [2.45, 2.75) is 33.6 Å². The zero-order valence-electron chi connectivity index (χ0n) is 11.0. The van der Waals surface area contributed by atoms with Gasteiger partial charge in [0.1, 0.15) is 0 Å². The molecule has 0 bridgehead atoms. The molecule has 0 saturated heterocycles. The SMILES string of the molecule is CCc1nc2ccc(NC)c(C)c2nc1CC. The number of anilines is 1. The number of aryl methyl sites for hydroxylation is 3. The van der Waals surface area contributed by atoms with Crippen LogP contribution in [-0.4, -0.2) is 17.0 Å². The molecule has 0 unspecified atom stereocenters. The fourth-order valence-electron chi connectivity index (χ4n) is 2.16. The molecule has 0 aliphatic rings. The second-order valence-corrected chi connectivity index (χ2v) is 4.18. The molecule has 0 aliphatic heterocycles. The van der Waals surface area contributed by atoms with Crippen LogP contribution < -0.4 is 5.32 Å². The lowest BCUT2D eigenvalue weighted by Crippen LogP contribution is -2.02. The summed E-state index contributed by atoms with van der Waals surface area (Å²) in [5, 5.41) is 3.19. The van der Waals surface area contributed by atoms with Crippen LogP contribution in [0, 0.1) is 6.92 Å². The van der Waals surface area contributed by atoms with Gasteiger partial charge in [-0.3, -0.25) is 0 Å². The van der Waals surface area contributed by atoms with Gasteiger partial charge < -0.3 is 5.32 Å². The minimum atomic E-state index is 0.940. The van der Waals surface area contributed by atoms with Crippen LogP contribution in [0.4, 0.5) is 5.69 Å². The third-order valence-corrected chi connectivity index (χ3v) is 3.18. The van der Waals surface area contributed by atoms with E-state index in [1.165, 1.54) is 5.56 Å². The molecule has 90 valence electrons. The number of nitrogens with zero attached hydrogens (tertiary/aromatic N) is 2. The molecular formula is C14H19N3. The van der Waals surface area contributed by atoms with E-state index in [9.17, 15) is 0 Å². The highest BCUT2D eigenvalue weighted by Crippen LogP contribution is 2.23. The van der Waals surface area contributed by atoms with Gasteiger partial charge in [-0.1, -0.05) is 13.8 Å². The highest BCUT2D eigenvalue weighted by Gasteiger charge is 2.09. The highest BCUT2D eigenvalue weighted by atomic mass is 14.9. The van der Waals surface area contributed by atoms with Crippen LogP contribution >= 0.6 is 0 Å². The summed E-state index contributed by atoms with van der Waals surface area (Å²) in [5.41, 5.74) is 6.56. The maximum Gasteiger partial charge on any atom is 0.0940 e. The van der Waals surface area contributed by atoms with Crippen molar-refractivity contribution >= 4 is 16.7 Å². The molecule has 17 heavy (non-hydrogen) atoms. The Kier molecular flexibility index (Phi) is 3.27. The van der Waals surface area contributed by atoms with E-state index in [0.717, 1.165) is 41.0 Å². The van der Waals surface area contributed by atoms with E-state index in [1.54, 1.807) is 0 Å². The molecular weight excluding hydrogens is 210 g/mol. The maximum atomic E-state index is 4.77. The predicted octanol–water partition coefficient (Wildman–Crippen LogP) is 3.10. The minimum Gasteiger partial charge on any atom is -0.388 e. The van der Waals surface area contributed by atoms with Crippen molar-refractivity contribution in [2.24, 2.45) is 0 Å². The van der Waals surface area contributed by atoms with Gasteiger partial charge in [0.15, 0.2) is 0 Å². The minimum absolute atomic E-state index is 0.940. The molecule has 1 aromatic carbocycles. The Labute approximate surface area is 102 Å². The van der Waals surface area contributed by atoms with Gasteiger partial charge in [0.25, 0.3) is 0 Å². The first-order valence-electron chi connectivity index (χ1n) is 6.18. The molecule has 0 spiro atoms. The standard InChI is InChI=1S/C14H19N3/c1-5-10-11(6-2)17-14-9(3)12(15-4)7-8-13(14)16-10/h7-8,15H,5-6H2,1-4H3.